The molecule has 9 nitrogen and oxygen atoms in total. The van der Waals surface area contributed by atoms with Crippen molar-refractivity contribution in [2.45, 2.75) is 34.6 Å². The molecule has 2 N–H and O–H groups in total. The number of pyridine rings is 1. The molecule has 0 aromatic carbocycles. The Morgan fingerprint density at radius 1 is 1.12 bits per heavy atom. The van der Waals surface area contributed by atoms with Crippen molar-refractivity contribution in [3.05, 3.63) is 49.9 Å². The molecular weight excluding hydrogens is 336 g/mol. The fourth-order valence-corrected chi connectivity index (χ4v) is 2.70. The predicted molar refractivity (Wildman–Crippen MR) is 97.2 cm³/mol. The number of hydrogen-bond donors (Lipinski definition) is 2. The number of carbonyl (C=O) groups is 1. The lowest BCUT2D eigenvalue weighted by Gasteiger charge is -2.13. The maximum atomic E-state index is 12.9. The second-order valence-corrected chi connectivity index (χ2v) is 6.53. The van der Waals surface area contributed by atoms with Crippen LogP contribution in [0.3, 0.4) is 0 Å². The van der Waals surface area contributed by atoms with Crippen LogP contribution in [0.1, 0.15) is 30.9 Å². The SMILES string of the molecule is Cc1cc(C)nc(-n2[nH]c3cc(=O)n(NC(=O)C(C)C)c(C)c3c2=O)n1. The van der Waals surface area contributed by atoms with Crippen LogP contribution in [0.25, 0.3) is 16.9 Å². The van der Waals surface area contributed by atoms with Gasteiger partial charge in [-0.05, 0) is 26.8 Å². The number of nitrogens with one attached hydrogen (secondary N) is 2. The molecule has 136 valence electrons. The molecule has 0 saturated heterocycles. The monoisotopic (exact) mass is 356 g/mol. The lowest BCUT2D eigenvalue weighted by Crippen LogP contribution is -2.36. The average Bonchev–Trinajstić information content (AvgIpc) is 2.86. The third-order valence-electron chi connectivity index (χ3n) is 4.02. The van der Waals surface area contributed by atoms with Crippen LogP contribution < -0.4 is 16.5 Å². The van der Waals surface area contributed by atoms with Gasteiger partial charge in [0.05, 0.1) is 16.6 Å². The Balaban J connectivity index is 2.24. The van der Waals surface area contributed by atoms with Crippen molar-refractivity contribution in [1.82, 2.24) is 24.4 Å². The Kier molecular flexibility index (Phi) is 4.23. The van der Waals surface area contributed by atoms with Gasteiger partial charge in [0, 0.05) is 23.4 Å². The molecule has 9 heteroatoms. The molecule has 3 heterocycles. The number of H-pyrrole nitrogens is 1. The summed E-state index contributed by atoms with van der Waals surface area (Å²) in [6, 6.07) is 3.07. The molecule has 0 fully saturated rings. The van der Waals surface area contributed by atoms with E-state index in [1.165, 1.54) is 10.7 Å². The van der Waals surface area contributed by atoms with E-state index >= 15 is 0 Å². The molecule has 0 radical (unpaired) electrons. The van der Waals surface area contributed by atoms with Gasteiger partial charge in [0.2, 0.25) is 5.91 Å². The minimum absolute atomic E-state index is 0.202. The van der Waals surface area contributed by atoms with E-state index in [1.54, 1.807) is 26.8 Å². The first kappa shape index (κ1) is 17.6. The Morgan fingerprint density at radius 3 is 2.31 bits per heavy atom. The van der Waals surface area contributed by atoms with Crippen molar-refractivity contribution in [2.75, 3.05) is 5.43 Å². The molecule has 0 aliphatic rings. The number of aromatic amines is 1. The number of hydrogen-bond acceptors (Lipinski definition) is 5. The minimum Gasteiger partial charge on any atom is -0.287 e. The number of aromatic nitrogens is 5. The Hall–Kier alpha value is -3.23. The van der Waals surface area contributed by atoms with Gasteiger partial charge < -0.3 is 0 Å². The first-order valence-electron chi connectivity index (χ1n) is 8.20. The zero-order valence-electron chi connectivity index (χ0n) is 15.2. The van der Waals surface area contributed by atoms with E-state index in [2.05, 4.69) is 20.5 Å². The van der Waals surface area contributed by atoms with Crippen molar-refractivity contribution < 1.29 is 4.79 Å². The quantitative estimate of drug-likeness (QED) is 0.724. The van der Waals surface area contributed by atoms with Gasteiger partial charge in [-0.15, -0.1) is 0 Å². The smallest absolute Gasteiger partial charge is 0.283 e. The highest BCUT2D eigenvalue weighted by molar-refractivity contribution is 5.87. The number of rotatable bonds is 3. The van der Waals surface area contributed by atoms with Gasteiger partial charge in [0.1, 0.15) is 0 Å². The standard InChI is InChI=1S/C17H20N6O3/c1-8(2)15(25)21-22-11(5)14-12(7-13(22)24)20-23(16(14)26)17-18-9(3)6-10(4)19-17/h6-8,20H,1-5H3,(H,21,25). The van der Waals surface area contributed by atoms with Crippen LogP contribution in [0.2, 0.25) is 0 Å². The van der Waals surface area contributed by atoms with E-state index < -0.39 is 11.1 Å². The summed E-state index contributed by atoms with van der Waals surface area (Å²) in [5.74, 6) is -0.417. The van der Waals surface area contributed by atoms with Gasteiger partial charge in [-0.1, -0.05) is 13.8 Å². The second kappa shape index (κ2) is 6.25. The molecule has 3 rings (SSSR count). The van der Waals surface area contributed by atoms with E-state index in [1.807, 2.05) is 13.8 Å². The molecule has 1 amide bonds. The van der Waals surface area contributed by atoms with Crippen molar-refractivity contribution >= 4 is 16.8 Å². The summed E-state index contributed by atoms with van der Waals surface area (Å²) >= 11 is 0. The molecule has 3 aromatic rings. The molecular formula is C17H20N6O3. The zero-order valence-corrected chi connectivity index (χ0v) is 15.2. The number of fused-ring (bicyclic) bond motifs is 1. The molecule has 0 saturated carbocycles. The Labute approximate surface area is 148 Å². The fraction of sp³-hybridized carbons (Fsp3) is 0.353. The molecule has 0 aliphatic heterocycles. The highest BCUT2D eigenvalue weighted by atomic mass is 16.2. The molecule has 0 unspecified atom stereocenters. The normalized spacial score (nSPS) is 11.3. The summed E-state index contributed by atoms with van der Waals surface area (Å²) < 4.78 is 2.29. The predicted octanol–water partition coefficient (Wildman–Crippen LogP) is 0.922. The van der Waals surface area contributed by atoms with Crippen LogP contribution in [0, 0.1) is 26.7 Å². The number of amides is 1. The van der Waals surface area contributed by atoms with Crippen LogP contribution in [-0.4, -0.2) is 30.3 Å². The first-order valence-corrected chi connectivity index (χ1v) is 8.20. The molecule has 0 aliphatic carbocycles. The van der Waals surface area contributed by atoms with Gasteiger partial charge in [-0.3, -0.25) is 24.9 Å². The lowest BCUT2D eigenvalue weighted by molar-refractivity contribution is -0.119. The van der Waals surface area contributed by atoms with Gasteiger partial charge in [0.15, 0.2) is 0 Å². The fourth-order valence-electron chi connectivity index (χ4n) is 2.70. The molecule has 3 aromatic heterocycles. The highest BCUT2D eigenvalue weighted by Gasteiger charge is 2.18. The summed E-state index contributed by atoms with van der Waals surface area (Å²) in [5.41, 5.74) is 3.83. The highest BCUT2D eigenvalue weighted by Crippen LogP contribution is 2.12. The number of aryl methyl sites for hydroxylation is 3. The van der Waals surface area contributed by atoms with E-state index in [9.17, 15) is 14.4 Å². The first-order chi connectivity index (χ1) is 12.2. The maximum Gasteiger partial charge on any atom is 0.283 e. The minimum atomic E-state index is -0.446. The van der Waals surface area contributed by atoms with Crippen LogP contribution >= 0.6 is 0 Å². The van der Waals surface area contributed by atoms with E-state index in [0.717, 1.165) is 16.1 Å². The van der Waals surface area contributed by atoms with E-state index in [0.29, 0.717) is 11.2 Å². The summed E-state index contributed by atoms with van der Waals surface area (Å²) in [7, 11) is 0. The third kappa shape index (κ3) is 2.92. The molecule has 0 atom stereocenters. The Bertz CT molecular complexity index is 1120. The van der Waals surface area contributed by atoms with Crippen molar-refractivity contribution in [3.63, 3.8) is 0 Å². The van der Waals surface area contributed by atoms with Crippen molar-refractivity contribution in [2.24, 2.45) is 5.92 Å². The van der Waals surface area contributed by atoms with E-state index in [4.69, 9.17) is 0 Å². The van der Waals surface area contributed by atoms with Gasteiger partial charge in [0.25, 0.3) is 17.1 Å². The van der Waals surface area contributed by atoms with Crippen molar-refractivity contribution in [3.8, 4) is 5.95 Å². The van der Waals surface area contributed by atoms with Gasteiger partial charge >= 0.3 is 0 Å². The van der Waals surface area contributed by atoms with Crippen LogP contribution in [0.4, 0.5) is 0 Å². The molecule has 0 bridgehead atoms. The number of nitrogens with zero attached hydrogens (tertiary/aromatic N) is 4. The summed E-state index contributed by atoms with van der Waals surface area (Å²) in [4.78, 5) is 45.7. The van der Waals surface area contributed by atoms with Crippen LogP contribution in [-0.2, 0) is 4.79 Å². The molecule has 0 spiro atoms. The molecule has 26 heavy (non-hydrogen) atoms. The third-order valence-corrected chi connectivity index (χ3v) is 4.02. The topological polar surface area (TPSA) is 115 Å². The van der Waals surface area contributed by atoms with E-state index in [-0.39, 0.29) is 23.2 Å². The second-order valence-electron chi connectivity index (χ2n) is 6.53. The van der Waals surface area contributed by atoms with Gasteiger partial charge in [-0.2, -0.15) is 4.68 Å². The zero-order chi connectivity index (χ0) is 19.2. The summed E-state index contributed by atoms with van der Waals surface area (Å²) in [5, 5.41) is 3.16. The lowest BCUT2D eigenvalue weighted by atomic mass is 10.2. The van der Waals surface area contributed by atoms with Crippen LogP contribution in [0.15, 0.2) is 21.7 Å². The van der Waals surface area contributed by atoms with Gasteiger partial charge in [-0.25, -0.2) is 14.6 Å². The van der Waals surface area contributed by atoms with Crippen LogP contribution in [0.5, 0.6) is 0 Å². The average molecular weight is 356 g/mol. The largest absolute Gasteiger partial charge is 0.287 e. The van der Waals surface area contributed by atoms with Crippen molar-refractivity contribution in [1.29, 1.82) is 0 Å². The number of carbonyl (C=O) groups excluding carboxylic acids is 1. The summed E-state index contributed by atoms with van der Waals surface area (Å²) in [6.45, 7) is 8.65. The Morgan fingerprint density at radius 2 is 1.73 bits per heavy atom. The maximum absolute atomic E-state index is 12.9. The summed E-state index contributed by atoms with van der Waals surface area (Å²) in [6.07, 6.45) is 0.